The molecule has 1 atom stereocenters. The van der Waals surface area contributed by atoms with Crippen molar-refractivity contribution in [3.8, 4) is 17.2 Å². The summed E-state index contributed by atoms with van der Waals surface area (Å²) < 4.78 is 22.9. The van der Waals surface area contributed by atoms with E-state index in [4.69, 9.17) is 42.8 Å². The maximum Gasteiger partial charge on any atom is 0.338 e. The fourth-order valence-corrected chi connectivity index (χ4v) is 5.18. The Balaban J connectivity index is 1.41. The minimum absolute atomic E-state index is 0.219. The third-order valence-electron chi connectivity index (χ3n) is 6.55. The summed E-state index contributed by atoms with van der Waals surface area (Å²) in [7, 11) is 0. The molecule has 1 amide bonds. The fourth-order valence-electron chi connectivity index (χ4n) is 4.63. The van der Waals surface area contributed by atoms with Gasteiger partial charge in [-0.25, -0.2) is 10.2 Å². The molecule has 1 heterocycles. The summed E-state index contributed by atoms with van der Waals surface area (Å²) in [5, 5.41) is 10.8. The van der Waals surface area contributed by atoms with E-state index >= 15 is 0 Å². The molecule has 0 saturated heterocycles. The van der Waals surface area contributed by atoms with Crippen LogP contribution in [0, 0.1) is 6.92 Å². The first-order valence-electron chi connectivity index (χ1n) is 14.3. The predicted octanol–water partition coefficient (Wildman–Crippen LogP) is 5.51. The van der Waals surface area contributed by atoms with Gasteiger partial charge < -0.3 is 29.6 Å². The van der Waals surface area contributed by atoms with Gasteiger partial charge in [0.15, 0.2) is 23.2 Å². The number of carbonyl (C=O) groups excluding carboxylic acids is 2. The molecule has 0 fully saturated rings. The average molecular weight is 651 g/mol. The molecule has 0 saturated carbocycles. The van der Waals surface area contributed by atoms with Gasteiger partial charge in [0.1, 0.15) is 12.4 Å². The minimum atomic E-state index is -0.636. The van der Waals surface area contributed by atoms with Crippen molar-refractivity contribution in [1.82, 2.24) is 16.1 Å². The van der Waals surface area contributed by atoms with Crippen molar-refractivity contribution in [3.63, 3.8) is 0 Å². The normalized spacial score (nSPS) is 14.4. The van der Waals surface area contributed by atoms with Crippen LogP contribution in [0.4, 0.5) is 0 Å². The van der Waals surface area contributed by atoms with Gasteiger partial charge >= 0.3 is 5.97 Å². The summed E-state index contributed by atoms with van der Waals surface area (Å²) in [6.07, 6.45) is 1.45. The van der Waals surface area contributed by atoms with Crippen LogP contribution in [-0.4, -0.2) is 43.0 Å². The van der Waals surface area contributed by atoms with Crippen molar-refractivity contribution < 1.29 is 28.5 Å². The number of nitrogens with one attached hydrogen (secondary N) is 3. The average Bonchev–Trinajstić information content (AvgIpc) is 2.99. The molecule has 0 aliphatic carbocycles. The number of amides is 1. The van der Waals surface area contributed by atoms with E-state index in [1.165, 1.54) is 6.21 Å². The number of nitrogens with zero attached hydrogens (tertiary/aromatic N) is 1. The number of allylic oxidation sites excluding steroid dienone is 1. The molecule has 236 valence electrons. The third-order valence-corrected chi connectivity index (χ3v) is 7.05. The molecule has 0 aromatic heterocycles. The highest BCUT2D eigenvalue weighted by Crippen LogP contribution is 2.37. The number of aryl methyl sites for hydroxylation is 1. The highest BCUT2D eigenvalue weighted by molar-refractivity contribution is 7.80. The molecule has 45 heavy (non-hydrogen) atoms. The smallest absolute Gasteiger partial charge is 0.338 e. The molecule has 1 aliphatic rings. The van der Waals surface area contributed by atoms with Crippen LogP contribution >= 0.6 is 23.8 Å². The summed E-state index contributed by atoms with van der Waals surface area (Å²) in [6, 6.07) is 17.8. The number of hydrogen-bond donors (Lipinski definition) is 3. The predicted molar refractivity (Wildman–Crippen MR) is 177 cm³/mol. The Morgan fingerprint density at radius 1 is 1.00 bits per heavy atom. The van der Waals surface area contributed by atoms with Gasteiger partial charge in [0.2, 0.25) is 0 Å². The van der Waals surface area contributed by atoms with E-state index in [-0.39, 0.29) is 13.2 Å². The third kappa shape index (κ3) is 8.96. The summed E-state index contributed by atoms with van der Waals surface area (Å²) in [5.41, 5.74) is 6.75. The van der Waals surface area contributed by atoms with Crippen molar-refractivity contribution in [2.24, 2.45) is 5.10 Å². The van der Waals surface area contributed by atoms with Crippen LogP contribution in [0.1, 0.15) is 49.1 Å². The lowest BCUT2D eigenvalue weighted by molar-refractivity contribution is -0.139. The Morgan fingerprint density at radius 2 is 1.80 bits per heavy atom. The van der Waals surface area contributed by atoms with E-state index < -0.39 is 17.9 Å². The van der Waals surface area contributed by atoms with E-state index in [9.17, 15) is 9.59 Å². The summed E-state index contributed by atoms with van der Waals surface area (Å²) in [4.78, 5) is 25.4. The van der Waals surface area contributed by atoms with Gasteiger partial charge in [0.25, 0.3) is 5.91 Å². The first kappa shape index (κ1) is 33.3. The zero-order valence-corrected chi connectivity index (χ0v) is 27.0. The zero-order chi connectivity index (χ0) is 32.3. The number of hydrazone groups is 1. The molecule has 4 rings (SSSR count). The number of thiocarbonyl (C=S) groups is 1. The Bertz CT molecular complexity index is 1630. The second-order valence-corrected chi connectivity index (χ2v) is 10.8. The van der Waals surface area contributed by atoms with E-state index in [2.05, 4.69) is 21.2 Å². The van der Waals surface area contributed by atoms with Crippen LogP contribution in [-0.2, 0) is 20.9 Å². The highest BCUT2D eigenvalue weighted by atomic mass is 35.5. The number of benzene rings is 3. The highest BCUT2D eigenvalue weighted by Gasteiger charge is 2.32. The van der Waals surface area contributed by atoms with Gasteiger partial charge in [-0.1, -0.05) is 59.6 Å². The second-order valence-electron chi connectivity index (χ2n) is 9.95. The molecule has 1 aliphatic heterocycles. The lowest BCUT2D eigenvalue weighted by Gasteiger charge is -2.30. The standard InChI is InChI=1S/C33H35ClN4O6S/c1-5-41-27-16-23(15-25(34)31(27)44-18-22-11-9-10-20(3)14-22)17-35-38-28(39)19-43-26-13-8-7-12-24(26)30-29(32(40)42-6-2)21(4)36-33(45)37-30/h7-17,30H,5-6,18-19H2,1-4H3,(H,38,39)(H2,36,37,45)/t30-/m1/s1. The van der Waals surface area contributed by atoms with Crippen LogP contribution in [0.2, 0.25) is 5.02 Å². The van der Waals surface area contributed by atoms with Crippen LogP contribution < -0.4 is 30.3 Å². The molecule has 0 spiro atoms. The number of rotatable bonds is 13. The van der Waals surface area contributed by atoms with Gasteiger partial charge in [0, 0.05) is 11.3 Å². The van der Waals surface area contributed by atoms with Gasteiger partial charge in [-0.05, 0) is 69.2 Å². The summed E-state index contributed by atoms with van der Waals surface area (Å²) in [6.45, 7) is 7.98. The van der Waals surface area contributed by atoms with E-state index in [0.717, 1.165) is 11.1 Å². The van der Waals surface area contributed by atoms with Gasteiger partial charge in [0.05, 0.1) is 36.1 Å². The van der Waals surface area contributed by atoms with Crippen LogP contribution in [0.15, 0.2) is 77.0 Å². The number of ether oxygens (including phenoxy) is 4. The maximum absolute atomic E-state index is 12.8. The van der Waals surface area contributed by atoms with E-state index in [1.54, 1.807) is 50.2 Å². The molecule has 0 unspecified atom stereocenters. The van der Waals surface area contributed by atoms with E-state index in [0.29, 0.717) is 63.0 Å². The van der Waals surface area contributed by atoms with Crippen molar-refractivity contribution in [2.75, 3.05) is 19.8 Å². The zero-order valence-electron chi connectivity index (χ0n) is 25.4. The summed E-state index contributed by atoms with van der Waals surface area (Å²) in [5.74, 6) is 0.295. The number of hydrogen-bond acceptors (Lipinski definition) is 8. The van der Waals surface area contributed by atoms with Gasteiger partial charge in [-0.15, -0.1) is 0 Å². The van der Waals surface area contributed by atoms with Crippen LogP contribution in [0.25, 0.3) is 0 Å². The summed E-state index contributed by atoms with van der Waals surface area (Å²) >= 11 is 11.9. The topological polar surface area (TPSA) is 120 Å². The van der Waals surface area contributed by atoms with Gasteiger partial charge in [-0.3, -0.25) is 4.79 Å². The molecule has 10 nitrogen and oxygen atoms in total. The van der Waals surface area contributed by atoms with Crippen molar-refractivity contribution in [3.05, 3.63) is 99.2 Å². The molecule has 3 aromatic carbocycles. The number of halogens is 1. The fraction of sp³-hybridized carbons (Fsp3) is 0.273. The molecule has 0 bridgehead atoms. The Hall–Kier alpha value is -4.61. The Kier molecular flexibility index (Phi) is 11.8. The minimum Gasteiger partial charge on any atom is -0.490 e. The number of esters is 1. The number of para-hydroxylation sites is 1. The van der Waals surface area contributed by atoms with Crippen LogP contribution in [0.3, 0.4) is 0 Å². The molecular formula is C33H35ClN4O6S. The Morgan fingerprint density at radius 3 is 2.56 bits per heavy atom. The van der Waals surface area contributed by atoms with E-state index in [1.807, 2.05) is 38.1 Å². The molecule has 12 heteroatoms. The molecular weight excluding hydrogens is 616 g/mol. The molecule has 0 radical (unpaired) electrons. The van der Waals surface area contributed by atoms with Crippen molar-refractivity contribution in [1.29, 1.82) is 0 Å². The first-order chi connectivity index (χ1) is 21.7. The van der Waals surface area contributed by atoms with Crippen LogP contribution in [0.5, 0.6) is 17.2 Å². The second kappa shape index (κ2) is 15.9. The largest absolute Gasteiger partial charge is 0.490 e. The van der Waals surface area contributed by atoms with Crippen molar-refractivity contribution >= 4 is 47.0 Å². The molecule has 3 aromatic rings. The van der Waals surface area contributed by atoms with Gasteiger partial charge in [-0.2, -0.15) is 5.10 Å². The lowest BCUT2D eigenvalue weighted by atomic mass is 9.95. The lowest BCUT2D eigenvalue weighted by Crippen LogP contribution is -2.45. The SMILES string of the molecule is CCOC(=O)C1=C(C)NC(=S)N[C@@H]1c1ccccc1OCC(=O)NN=Cc1cc(Cl)c(OCc2cccc(C)c2)c(OCC)c1. The quantitative estimate of drug-likeness (QED) is 0.0952. The number of carbonyl (C=O) groups is 2. The molecule has 3 N–H and O–H groups in total. The monoisotopic (exact) mass is 650 g/mol. The first-order valence-corrected chi connectivity index (χ1v) is 15.1. The maximum atomic E-state index is 12.8. The Labute approximate surface area is 272 Å². The van der Waals surface area contributed by atoms with Crippen molar-refractivity contribution in [2.45, 2.75) is 40.3 Å².